The van der Waals surface area contributed by atoms with Gasteiger partial charge in [0.15, 0.2) is 0 Å². The number of carbonyl (C=O) groups excluding carboxylic acids is 2. The van der Waals surface area contributed by atoms with Crippen LogP contribution in [-0.4, -0.2) is 29.5 Å². The second-order valence-corrected chi connectivity index (χ2v) is 8.59. The van der Waals surface area contributed by atoms with E-state index in [1.54, 1.807) is 35.6 Å². The maximum atomic E-state index is 13.0. The zero-order valence-electron chi connectivity index (χ0n) is 17.2. The molecule has 4 aromatic rings. The van der Waals surface area contributed by atoms with Gasteiger partial charge in [-0.15, -0.1) is 11.3 Å². The van der Waals surface area contributed by atoms with Crippen molar-refractivity contribution in [2.24, 2.45) is 0 Å². The Morgan fingerprint density at radius 1 is 0.969 bits per heavy atom. The molecular weight excluding hydrogens is 422 g/mol. The molecule has 2 amide bonds. The summed E-state index contributed by atoms with van der Waals surface area (Å²) in [5.74, 6) is -0.437. The molecule has 0 spiro atoms. The lowest BCUT2D eigenvalue weighted by Gasteiger charge is -2.12. The molecule has 1 saturated heterocycles. The molecule has 160 valence electrons. The summed E-state index contributed by atoms with van der Waals surface area (Å²) in [4.78, 5) is 30.0. The second kappa shape index (κ2) is 8.90. The number of nitrogens with one attached hydrogen (secondary N) is 2. The highest BCUT2D eigenvalue weighted by molar-refractivity contribution is 7.21. The Balaban J connectivity index is 1.36. The molecular formula is C25H21N3O3S. The summed E-state index contributed by atoms with van der Waals surface area (Å²) in [5.41, 5.74) is 3.51. The molecule has 2 N–H and O–H groups in total. The van der Waals surface area contributed by atoms with E-state index >= 15 is 0 Å². The van der Waals surface area contributed by atoms with Crippen LogP contribution < -0.4 is 10.6 Å². The molecule has 0 bridgehead atoms. The van der Waals surface area contributed by atoms with Crippen molar-refractivity contribution >= 4 is 44.7 Å². The van der Waals surface area contributed by atoms with Gasteiger partial charge >= 0.3 is 0 Å². The van der Waals surface area contributed by atoms with E-state index < -0.39 is 6.10 Å². The third-order valence-corrected chi connectivity index (χ3v) is 6.38. The van der Waals surface area contributed by atoms with Crippen molar-refractivity contribution in [1.82, 2.24) is 4.98 Å². The minimum Gasteiger partial charge on any atom is -0.368 e. The van der Waals surface area contributed by atoms with Crippen LogP contribution in [0.4, 0.5) is 11.4 Å². The van der Waals surface area contributed by atoms with Crippen molar-refractivity contribution in [3.63, 3.8) is 0 Å². The number of fused-ring (bicyclic) bond motifs is 1. The number of hydrogen-bond donors (Lipinski definition) is 2. The smallest absolute Gasteiger partial charge is 0.255 e. The summed E-state index contributed by atoms with van der Waals surface area (Å²) in [7, 11) is 0. The van der Waals surface area contributed by atoms with Crippen LogP contribution in [0.1, 0.15) is 23.2 Å². The minimum absolute atomic E-state index is 0.179. The summed E-state index contributed by atoms with van der Waals surface area (Å²) in [6, 6.07) is 22.5. The van der Waals surface area contributed by atoms with Crippen molar-refractivity contribution in [2.45, 2.75) is 18.9 Å². The van der Waals surface area contributed by atoms with Gasteiger partial charge in [0.1, 0.15) is 11.1 Å². The molecule has 7 heteroatoms. The maximum absolute atomic E-state index is 13.0. The number of benzene rings is 3. The highest BCUT2D eigenvalue weighted by Gasteiger charge is 2.23. The standard InChI is InChI=1S/C25H21N3O3S/c29-23(16-7-5-8-17(15-16)26-24(30)21-12-6-14-31-21)27-19-10-2-1-9-18(19)25-28-20-11-3-4-13-22(20)32-25/h1-5,7-11,13,15,21H,6,12,14H2,(H,26,30)(H,27,29)/t21-/m0/s1. The lowest BCUT2D eigenvalue weighted by atomic mass is 10.1. The monoisotopic (exact) mass is 443 g/mol. The highest BCUT2D eigenvalue weighted by atomic mass is 32.1. The molecule has 0 aliphatic carbocycles. The van der Waals surface area contributed by atoms with Crippen LogP contribution in [-0.2, 0) is 9.53 Å². The van der Waals surface area contributed by atoms with Crippen LogP contribution >= 0.6 is 11.3 Å². The molecule has 1 aromatic heterocycles. The molecule has 1 aliphatic rings. The fraction of sp³-hybridized carbons (Fsp3) is 0.160. The van der Waals surface area contributed by atoms with Gasteiger partial charge < -0.3 is 15.4 Å². The van der Waals surface area contributed by atoms with Crippen molar-refractivity contribution in [2.75, 3.05) is 17.2 Å². The first-order valence-corrected chi connectivity index (χ1v) is 11.3. The van der Waals surface area contributed by atoms with E-state index in [-0.39, 0.29) is 11.8 Å². The number of hydrogen-bond acceptors (Lipinski definition) is 5. The average molecular weight is 444 g/mol. The molecule has 32 heavy (non-hydrogen) atoms. The van der Waals surface area contributed by atoms with Crippen LogP contribution in [0, 0.1) is 0 Å². The van der Waals surface area contributed by atoms with E-state index in [9.17, 15) is 9.59 Å². The molecule has 2 heterocycles. The Labute approximate surface area is 189 Å². The van der Waals surface area contributed by atoms with Gasteiger partial charge in [0.25, 0.3) is 11.8 Å². The second-order valence-electron chi connectivity index (χ2n) is 7.56. The van der Waals surface area contributed by atoms with Crippen molar-refractivity contribution in [1.29, 1.82) is 0 Å². The zero-order chi connectivity index (χ0) is 21.9. The molecule has 1 atom stereocenters. The van der Waals surface area contributed by atoms with E-state index in [1.807, 2.05) is 48.5 Å². The third kappa shape index (κ3) is 4.26. The van der Waals surface area contributed by atoms with Crippen molar-refractivity contribution in [3.8, 4) is 10.6 Å². The topological polar surface area (TPSA) is 80.3 Å². The molecule has 6 nitrogen and oxygen atoms in total. The van der Waals surface area contributed by atoms with Gasteiger partial charge in [-0.05, 0) is 55.3 Å². The Morgan fingerprint density at radius 3 is 2.66 bits per heavy atom. The summed E-state index contributed by atoms with van der Waals surface area (Å²) in [5, 5.41) is 6.69. The van der Waals surface area contributed by atoms with Gasteiger partial charge in [0.2, 0.25) is 0 Å². The van der Waals surface area contributed by atoms with E-state index in [2.05, 4.69) is 10.6 Å². The normalized spacial score (nSPS) is 15.6. The van der Waals surface area contributed by atoms with Crippen LogP contribution in [0.5, 0.6) is 0 Å². The summed E-state index contributed by atoms with van der Waals surface area (Å²) >= 11 is 1.59. The minimum atomic E-state index is -0.423. The number of carbonyl (C=O) groups is 2. The quantitative estimate of drug-likeness (QED) is 0.437. The van der Waals surface area contributed by atoms with Crippen LogP contribution in [0.2, 0.25) is 0 Å². The van der Waals surface area contributed by atoms with Gasteiger partial charge in [-0.1, -0.05) is 30.3 Å². The fourth-order valence-corrected chi connectivity index (χ4v) is 4.71. The van der Waals surface area contributed by atoms with Crippen LogP contribution in [0.3, 0.4) is 0 Å². The number of aromatic nitrogens is 1. The predicted molar refractivity (Wildman–Crippen MR) is 127 cm³/mol. The molecule has 0 unspecified atom stereocenters. The first kappa shape index (κ1) is 20.4. The molecule has 5 rings (SSSR count). The van der Waals surface area contributed by atoms with E-state index in [4.69, 9.17) is 9.72 Å². The zero-order valence-corrected chi connectivity index (χ0v) is 18.0. The van der Waals surface area contributed by atoms with Gasteiger partial charge in [-0.3, -0.25) is 9.59 Å². The number of anilines is 2. The third-order valence-electron chi connectivity index (χ3n) is 5.31. The molecule has 1 fully saturated rings. The molecule has 1 aliphatic heterocycles. The lowest BCUT2D eigenvalue weighted by Crippen LogP contribution is -2.27. The maximum Gasteiger partial charge on any atom is 0.255 e. The number of para-hydroxylation sites is 2. The van der Waals surface area contributed by atoms with Crippen molar-refractivity contribution in [3.05, 3.63) is 78.4 Å². The van der Waals surface area contributed by atoms with Gasteiger partial charge in [-0.25, -0.2) is 4.98 Å². The average Bonchev–Trinajstić information content (AvgIpc) is 3.50. The highest BCUT2D eigenvalue weighted by Crippen LogP contribution is 2.34. The number of rotatable bonds is 5. The lowest BCUT2D eigenvalue weighted by molar-refractivity contribution is -0.124. The molecule has 0 radical (unpaired) electrons. The SMILES string of the molecule is O=C(Nc1ccccc1-c1nc2ccccc2s1)c1cccc(NC(=O)[C@@H]2CCCO2)c1. The van der Waals surface area contributed by atoms with Crippen molar-refractivity contribution < 1.29 is 14.3 Å². The summed E-state index contributed by atoms with van der Waals surface area (Å²) in [6.07, 6.45) is 1.18. The van der Waals surface area contributed by atoms with E-state index in [1.165, 1.54) is 0 Å². The molecule has 0 saturated carbocycles. The van der Waals surface area contributed by atoms with E-state index in [0.717, 1.165) is 27.2 Å². The first-order chi connectivity index (χ1) is 15.7. The Morgan fingerprint density at radius 2 is 1.81 bits per heavy atom. The summed E-state index contributed by atoms with van der Waals surface area (Å²) in [6.45, 7) is 0.606. The number of ether oxygens (including phenoxy) is 1. The van der Waals surface area contributed by atoms with E-state index in [0.29, 0.717) is 30.0 Å². The molecule has 3 aromatic carbocycles. The fourth-order valence-electron chi connectivity index (χ4n) is 3.71. The van der Waals surface area contributed by atoms with Gasteiger partial charge in [0.05, 0.1) is 15.9 Å². The largest absolute Gasteiger partial charge is 0.368 e. The number of amides is 2. The van der Waals surface area contributed by atoms with Gasteiger partial charge in [0, 0.05) is 23.4 Å². The van der Waals surface area contributed by atoms with Gasteiger partial charge in [-0.2, -0.15) is 0 Å². The van der Waals surface area contributed by atoms with Crippen LogP contribution in [0.25, 0.3) is 20.8 Å². The van der Waals surface area contributed by atoms with Crippen LogP contribution in [0.15, 0.2) is 72.8 Å². The summed E-state index contributed by atoms with van der Waals surface area (Å²) < 4.78 is 6.52. The Bertz CT molecular complexity index is 1260. The Kier molecular flexibility index (Phi) is 5.66. The Hall–Kier alpha value is -3.55. The first-order valence-electron chi connectivity index (χ1n) is 10.5. The number of thiazole rings is 1. The predicted octanol–water partition coefficient (Wildman–Crippen LogP) is 5.33. The number of nitrogens with zero attached hydrogens (tertiary/aromatic N) is 1.